The lowest BCUT2D eigenvalue weighted by Crippen LogP contribution is -2.19. The largest absolute Gasteiger partial charge is 0.352 e. The number of benzene rings is 2. The van der Waals surface area contributed by atoms with Crippen LogP contribution >= 0.6 is 0 Å². The molecule has 24 heavy (non-hydrogen) atoms. The fourth-order valence-corrected chi connectivity index (χ4v) is 2.26. The summed E-state index contributed by atoms with van der Waals surface area (Å²) < 4.78 is 0. The van der Waals surface area contributed by atoms with Gasteiger partial charge in [-0.05, 0) is 40.8 Å². The molecule has 0 saturated heterocycles. The quantitative estimate of drug-likeness (QED) is 0.897. The van der Waals surface area contributed by atoms with Crippen LogP contribution in [0, 0.1) is 0 Å². The minimum absolute atomic E-state index is 0.0736. The normalized spacial score (nSPS) is 11.0. The van der Waals surface area contributed by atoms with Crippen LogP contribution in [-0.2, 0) is 16.8 Å². The second-order valence-electron chi connectivity index (χ2n) is 6.89. The highest BCUT2D eigenvalue weighted by Crippen LogP contribution is 2.23. The third kappa shape index (κ3) is 4.95. The van der Waals surface area contributed by atoms with Crippen LogP contribution < -0.4 is 10.6 Å². The standard InChI is InChI=1S/C20H24N2O2/c1-14(23)21-13-15-5-7-16(8-6-15)19(24)22-18-11-9-17(10-12-18)20(2,3)4/h5-12H,13H2,1-4H3,(H,21,23)(H,22,24). The van der Waals surface area contributed by atoms with Gasteiger partial charge >= 0.3 is 0 Å². The average Bonchev–Trinajstić information content (AvgIpc) is 2.53. The summed E-state index contributed by atoms with van der Waals surface area (Å²) in [6, 6.07) is 15.1. The van der Waals surface area contributed by atoms with E-state index in [0.29, 0.717) is 12.1 Å². The van der Waals surface area contributed by atoms with Gasteiger partial charge in [-0.15, -0.1) is 0 Å². The molecular formula is C20H24N2O2. The number of nitrogens with one attached hydrogen (secondary N) is 2. The predicted molar refractivity (Wildman–Crippen MR) is 97.1 cm³/mol. The molecule has 0 aromatic heterocycles. The molecule has 2 aromatic rings. The van der Waals surface area contributed by atoms with Gasteiger partial charge in [0.2, 0.25) is 5.91 Å². The van der Waals surface area contributed by atoms with E-state index in [4.69, 9.17) is 0 Å². The lowest BCUT2D eigenvalue weighted by Gasteiger charge is -2.19. The zero-order valence-electron chi connectivity index (χ0n) is 14.6. The zero-order chi connectivity index (χ0) is 17.7. The molecule has 4 nitrogen and oxygen atoms in total. The van der Waals surface area contributed by atoms with E-state index in [1.807, 2.05) is 36.4 Å². The van der Waals surface area contributed by atoms with Crippen molar-refractivity contribution >= 4 is 17.5 Å². The summed E-state index contributed by atoms with van der Waals surface area (Å²) >= 11 is 0. The molecule has 0 aliphatic heterocycles. The van der Waals surface area contributed by atoms with Crippen molar-refractivity contribution in [2.75, 3.05) is 5.32 Å². The molecule has 0 heterocycles. The third-order valence-corrected chi connectivity index (χ3v) is 3.77. The van der Waals surface area contributed by atoms with E-state index in [1.54, 1.807) is 12.1 Å². The molecule has 2 rings (SSSR count). The lowest BCUT2D eigenvalue weighted by molar-refractivity contribution is -0.119. The number of anilines is 1. The van der Waals surface area contributed by atoms with E-state index in [2.05, 4.69) is 31.4 Å². The third-order valence-electron chi connectivity index (χ3n) is 3.77. The summed E-state index contributed by atoms with van der Waals surface area (Å²) in [5.41, 5.74) is 3.63. The van der Waals surface area contributed by atoms with Crippen molar-refractivity contribution in [3.05, 3.63) is 65.2 Å². The first-order valence-electron chi connectivity index (χ1n) is 8.01. The Kier molecular flexibility index (Phi) is 5.39. The van der Waals surface area contributed by atoms with Crippen LogP contribution in [0.1, 0.15) is 49.2 Å². The molecule has 0 atom stereocenters. The van der Waals surface area contributed by atoms with E-state index in [1.165, 1.54) is 12.5 Å². The van der Waals surface area contributed by atoms with Crippen LogP contribution in [0.15, 0.2) is 48.5 Å². The van der Waals surface area contributed by atoms with Crippen molar-refractivity contribution in [1.82, 2.24) is 5.32 Å². The first-order valence-corrected chi connectivity index (χ1v) is 8.01. The molecule has 0 aliphatic carbocycles. The first kappa shape index (κ1) is 17.7. The lowest BCUT2D eigenvalue weighted by atomic mass is 9.87. The Balaban J connectivity index is 2.00. The topological polar surface area (TPSA) is 58.2 Å². The highest BCUT2D eigenvalue weighted by Gasteiger charge is 2.13. The van der Waals surface area contributed by atoms with Crippen LogP contribution in [-0.4, -0.2) is 11.8 Å². The van der Waals surface area contributed by atoms with Gasteiger partial charge in [0.25, 0.3) is 5.91 Å². The van der Waals surface area contributed by atoms with Crippen molar-refractivity contribution in [3.8, 4) is 0 Å². The van der Waals surface area contributed by atoms with E-state index in [0.717, 1.165) is 11.3 Å². The smallest absolute Gasteiger partial charge is 0.255 e. The number of carbonyl (C=O) groups excluding carboxylic acids is 2. The van der Waals surface area contributed by atoms with Gasteiger partial charge in [0.15, 0.2) is 0 Å². The monoisotopic (exact) mass is 324 g/mol. The molecule has 0 unspecified atom stereocenters. The van der Waals surface area contributed by atoms with Gasteiger partial charge in [0, 0.05) is 24.7 Å². The Labute approximate surface area is 143 Å². The fourth-order valence-electron chi connectivity index (χ4n) is 2.26. The molecule has 0 radical (unpaired) electrons. The van der Waals surface area contributed by atoms with Gasteiger partial charge in [0.1, 0.15) is 0 Å². The number of hydrogen-bond donors (Lipinski definition) is 2. The first-order chi connectivity index (χ1) is 11.3. The number of carbonyl (C=O) groups is 2. The zero-order valence-corrected chi connectivity index (χ0v) is 14.6. The average molecular weight is 324 g/mol. The van der Waals surface area contributed by atoms with Gasteiger partial charge in [0.05, 0.1) is 0 Å². The second kappa shape index (κ2) is 7.30. The van der Waals surface area contributed by atoms with Crippen molar-refractivity contribution in [1.29, 1.82) is 0 Å². The van der Waals surface area contributed by atoms with Crippen molar-refractivity contribution < 1.29 is 9.59 Å². The summed E-state index contributed by atoms with van der Waals surface area (Å²) in [7, 11) is 0. The van der Waals surface area contributed by atoms with Crippen LogP contribution in [0.3, 0.4) is 0 Å². The summed E-state index contributed by atoms with van der Waals surface area (Å²) in [4.78, 5) is 23.2. The Morgan fingerprint density at radius 1 is 0.917 bits per heavy atom. The minimum Gasteiger partial charge on any atom is -0.352 e. The number of amides is 2. The van der Waals surface area contributed by atoms with Crippen molar-refractivity contribution in [3.63, 3.8) is 0 Å². The van der Waals surface area contributed by atoms with Gasteiger partial charge in [-0.25, -0.2) is 0 Å². The molecule has 2 aromatic carbocycles. The van der Waals surface area contributed by atoms with E-state index in [-0.39, 0.29) is 17.2 Å². The SMILES string of the molecule is CC(=O)NCc1ccc(C(=O)Nc2ccc(C(C)(C)C)cc2)cc1. The molecular weight excluding hydrogens is 300 g/mol. The molecule has 2 amide bonds. The molecule has 0 saturated carbocycles. The molecule has 2 N–H and O–H groups in total. The molecule has 126 valence electrons. The van der Waals surface area contributed by atoms with Crippen molar-refractivity contribution in [2.24, 2.45) is 0 Å². The van der Waals surface area contributed by atoms with Crippen LogP contribution in [0.5, 0.6) is 0 Å². The molecule has 4 heteroatoms. The number of rotatable bonds is 4. The Bertz CT molecular complexity index is 711. The van der Waals surface area contributed by atoms with E-state index < -0.39 is 0 Å². The minimum atomic E-state index is -0.149. The summed E-state index contributed by atoms with van der Waals surface area (Å²) in [6.45, 7) is 8.41. The van der Waals surface area contributed by atoms with E-state index in [9.17, 15) is 9.59 Å². The maximum atomic E-state index is 12.3. The van der Waals surface area contributed by atoms with Gasteiger partial charge in [-0.3, -0.25) is 9.59 Å². The fraction of sp³-hybridized carbons (Fsp3) is 0.300. The van der Waals surface area contributed by atoms with Crippen molar-refractivity contribution in [2.45, 2.75) is 39.7 Å². The van der Waals surface area contributed by atoms with Crippen LogP contribution in [0.2, 0.25) is 0 Å². The maximum absolute atomic E-state index is 12.3. The Morgan fingerprint density at radius 2 is 1.50 bits per heavy atom. The van der Waals surface area contributed by atoms with E-state index >= 15 is 0 Å². The second-order valence-corrected chi connectivity index (χ2v) is 6.89. The molecule has 0 aliphatic rings. The Hall–Kier alpha value is -2.62. The summed E-state index contributed by atoms with van der Waals surface area (Å²) in [5.74, 6) is -0.222. The molecule has 0 bridgehead atoms. The van der Waals surface area contributed by atoms with Gasteiger partial charge in [-0.1, -0.05) is 45.0 Å². The Morgan fingerprint density at radius 3 is 2.00 bits per heavy atom. The highest BCUT2D eigenvalue weighted by atomic mass is 16.2. The van der Waals surface area contributed by atoms with Gasteiger partial charge < -0.3 is 10.6 Å². The van der Waals surface area contributed by atoms with Gasteiger partial charge in [-0.2, -0.15) is 0 Å². The summed E-state index contributed by atoms with van der Waals surface area (Å²) in [6.07, 6.45) is 0. The van der Waals surface area contributed by atoms with Crippen LogP contribution in [0.4, 0.5) is 5.69 Å². The highest BCUT2D eigenvalue weighted by molar-refractivity contribution is 6.04. The maximum Gasteiger partial charge on any atom is 0.255 e. The van der Waals surface area contributed by atoms with Crippen LogP contribution in [0.25, 0.3) is 0 Å². The number of hydrogen-bond acceptors (Lipinski definition) is 2. The molecule has 0 spiro atoms. The summed E-state index contributed by atoms with van der Waals surface area (Å²) in [5, 5.41) is 5.63. The molecule has 0 fully saturated rings. The predicted octanol–water partition coefficient (Wildman–Crippen LogP) is 3.87.